The number of rotatable bonds is 12. The van der Waals surface area contributed by atoms with Crippen molar-refractivity contribution in [1.29, 1.82) is 0 Å². The average molecular weight is 538 g/mol. The van der Waals surface area contributed by atoms with E-state index in [2.05, 4.69) is 42.1 Å². The third kappa shape index (κ3) is 6.94. The summed E-state index contributed by atoms with van der Waals surface area (Å²) in [4.78, 5) is 18.3. The molecule has 1 atom stereocenters. The van der Waals surface area contributed by atoms with Crippen molar-refractivity contribution in [2.75, 3.05) is 6.54 Å². The van der Waals surface area contributed by atoms with Gasteiger partial charge in [-0.05, 0) is 63.5 Å². The first-order valence-corrected chi connectivity index (χ1v) is 15.1. The molecule has 2 aromatic heterocycles. The van der Waals surface area contributed by atoms with E-state index in [4.69, 9.17) is 16.6 Å². The Kier molecular flexibility index (Phi) is 10.0. The van der Waals surface area contributed by atoms with E-state index >= 15 is 0 Å². The number of hydrogen-bond acceptors (Lipinski definition) is 3. The van der Waals surface area contributed by atoms with Gasteiger partial charge in [0.25, 0.3) is 5.91 Å². The summed E-state index contributed by atoms with van der Waals surface area (Å²) in [5.41, 5.74) is 6.15. The minimum atomic E-state index is 0.0193. The number of halogens is 1. The molecule has 1 aliphatic rings. The van der Waals surface area contributed by atoms with Crippen molar-refractivity contribution in [3.8, 4) is 22.0 Å². The van der Waals surface area contributed by atoms with Crippen LogP contribution in [-0.2, 0) is 6.54 Å². The molecule has 0 bridgehead atoms. The number of aromatic nitrogens is 2. The zero-order chi connectivity index (χ0) is 26.2. The van der Waals surface area contributed by atoms with E-state index < -0.39 is 0 Å². The Morgan fingerprint density at radius 1 is 1.24 bits per heavy atom. The number of benzene rings is 1. The summed E-state index contributed by atoms with van der Waals surface area (Å²) in [5.74, 6) is 0.548. The summed E-state index contributed by atoms with van der Waals surface area (Å²) >= 11 is 8.05. The molecule has 0 saturated carbocycles. The van der Waals surface area contributed by atoms with Crippen molar-refractivity contribution >= 4 is 28.8 Å². The number of nitrogens with zero attached hydrogens (tertiary/aromatic N) is 2. The van der Waals surface area contributed by atoms with Crippen LogP contribution >= 0.6 is 22.9 Å². The van der Waals surface area contributed by atoms with Gasteiger partial charge in [0.15, 0.2) is 0 Å². The van der Waals surface area contributed by atoms with Gasteiger partial charge in [0.05, 0.1) is 22.0 Å². The van der Waals surface area contributed by atoms with E-state index in [0.29, 0.717) is 10.9 Å². The lowest BCUT2D eigenvalue weighted by molar-refractivity contribution is 0.0945. The second kappa shape index (κ2) is 13.4. The molecule has 4 nitrogen and oxygen atoms in total. The highest BCUT2D eigenvalue weighted by Crippen LogP contribution is 2.35. The first kappa shape index (κ1) is 27.7. The van der Waals surface area contributed by atoms with Crippen LogP contribution in [0.3, 0.4) is 0 Å². The molecule has 0 spiro atoms. The SMILES string of the molecule is CCCCC(CC)CNC(=O)c1cc(-c2csc(-c3ccccc3Cl)n2)n(CCC2=CCCCC2)c1C. The van der Waals surface area contributed by atoms with Gasteiger partial charge < -0.3 is 9.88 Å². The first-order chi connectivity index (χ1) is 18.0. The fourth-order valence-corrected chi connectivity index (χ4v) is 6.32. The van der Waals surface area contributed by atoms with Crippen LogP contribution in [0.4, 0.5) is 0 Å². The Balaban J connectivity index is 1.61. The zero-order valence-corrected chi connectivity index (χ0v) is 24.1. The van der Waals surface area contributed by atoms with Crippen LogP contribution in [0.25, 0.3) is 22.0 Å². The molecule has 4 rings (SSSR count). The van der Waals surface area contributed by atoms with Crippen LogP contribution in [0.5, 0.6) is 0 Å². The van der Waals surface area contributed by atoms with Crippen LogP contribution in [0.15, 0.2) is 47.4 Å². The summed E-state index contributed by atoms with van der Waals surface area (Å²) in [7, 11) is 0. The normalized spacial score (nSPS) is 14.4. The number of carbonyl (C=O) groups excluding carboxylic acids is 1. The smallest absolute Gasteiger partial charge is 0.253 e. The van der Waals surface area contributed by atoms with Crippen molar-refractivity contribution in [2.45, 2.75) is 85.1 Å². The van der Waals surface area contributed by atoms with Gasteiger partial charge in [-0.1, -0.05) is 74.6 Å². The molecule has 1 N–H and O–H groups in total. The Hall–Kier alpha value is -2.37. The third-order valence-electron chi connectivity index (χ3n) is 7.62. The van der Waals surface area contributed by atoms with Crippen molar-refractivity contribution in [1.82, 2.24) is 14.9 Å². The molecule has 0 fully saturated rings. The average Bonchev–Trinajstić information content (AvgIpc) is 3.53. The summed E-state index contributed by atoms with van der Waals surface area (Å²) in [5, 5.41) is 6.92. The standard InChI is InChI=1S/C31H40ClN3OS/c1-4-6-12-23(5-2)20-33-30(36)26-19-29(35(22(26)3)18-17-24-13-8-7-9-14-24)28-21-37-31(34-28)25-15-10-11-16-27(25)32/h10-11,13,15-16,19,21,23H,4-9,12,14,17-18,20H2,1-3H3,(H,33,36). The summed E-state index contributed by atoms with van der Waals surface area (Å²) in [6.07, 6.45) is 13.0. The Morgan fingerprint density at radius 3 is 2.81 bits per heavy atom. The highest BCUT2D eigenvalue weighted by atomic mass is 35.5. The lowest BCUT2D eigenvalue weighted by atomic mass is 9.97. The molecule has 0 aliphatic heterocycles. The van der Waals surface area contributed by atoms with Crippen molar-refractivity contribution in [2.24, 2.45) is 5.92 Å². The second-order valence-corrected chi connectivity index (χ2v) is 11.4. The lowest BCUT2D eigenvalue weighted by Crippen LogP contribution is -2.29. The van der Waals surface area contributed by atoms with Gasteiger partial charge in [0.1, 0.15) is 5.01 Å². The number of carbonyl (C=O) groups is 1. The van der Waals surface area contributed by atoms with E-state index in [0.717, 1.165) is 65.6 Å². The highest BCUT2D eigenvalue weighted by Gasteiger charge is 2.21. The minimum Gasteiger partial charge on any atom is -0.352 e. The molecule has 6 heteroatoms. The Morgan fingerprint density at radius 2 is 2.08 bits per heavy atom. The minimum absolute atomic E-state index is 0.0193. The van der Waals surface area contributed by atoms with Gasteiger partial charge in [0.2, 0.25) is 0 Å². The van der Waals surface area contributed by atoms with Gasteiger partial charge in [-0.15, -0.1) is 11.3 Å². The number of nitrogens with one attached hydrogen (secondary N) is 1. The molecule has 1 aromatic carbocycles. The van der Waals surface area contributed by atoms with Crippen molar-refractivity contribution in [3.05, 3.63) is 63.6 Å². The number of thiazole rings is 1. The van der Waals surface area contributed by atoms with Crippen LogP contribution in [0.1, 0.15) is 87.7 Å². The van der Waals surface area contributed by atoms with Crippen LogP contribution < -0.4 is 5.32 Å². The topological polar surface area (TPSA) is 46.9 Å². The lowest BCUT2D eigenvalue weighted by Gasteiger charge is -2.16. The third-order valence-corrected chi connectivity index (χ3v) is 8.82. The van der Waals surface area contributed by atoms with Gasteiger partial charge in [-0.3, -0.25) is 4.79 Å². The zero-order valence-electron chi connectivity index (χ0n) is 22.5. The Bertz CT molecular complexity index is 1230. The molecule has 37 heavy (non-hydrogen) atoms. The molecule has 1 aliphatic carbocycles. The van der Waals surface area contributed by atoms with Crippen LogP contribution in [0, 0.1) is 12.8 Å². The van der Waals surface area contributed by atoms with E-state index in [1.807, 2.05) is 30.3 Å². The molecule has 1 amide bonds. The molecular weight excluding hydrogens is 498 g/mol. The van der Waals surface area contributed by atoms with E-state index in [1.165, 1.54) is 44.1 Å². The molecular formula is C31H40ClN3OS. The largest absolute Gasteiger partial charge is 0.352 e. The fraction of sp³-hybridized carbons (Fsp3) is 0.484. The second-order valence-electron chi connectivity index (χ2n) is 10.2. The summed E-state index contributed by atoms with van der Waals surface area (Å²) in [6, 6.07) is 9.87. The predicted octanol–water partition coefficient (Wildman–Crippen LogP) is 9.08. The quantitative estimate of drug-likeness (QED) is 0.234. The molecule has 0 saturated heterocycles. The number of allylic oxidation sites excluding steroid dienone is 2. The van der Waals surface area contributed by atoms with Gasteiger partial charge in [-0.2, -0.15) is 0 Å². The number of amides is 1. The summed E-state index contributed by atoms with van der Waals surface area (Å²) in [6.45, 7) is 8.09. The molecule has 198 valence electrons. The van der Waals surface area contributed by atoms with E-state index in [1.54, 1.807) is 11.3 Å². The number of unbranched alkanes of at least 4 members (excludes halogenated alkanes) is 1. The maximum Gasteiger partial charge on any atom is 0.253 e. The molecule has 2 heterocycles. The fourth-order valence-electron chi connectivity index (χ4n) is 5.19. The maximum absolute atomic E-state index is 13.4. The summed E-state index contributed by atoms with van der Waals surface area (Å²) < 4.78 is 2.30. The van der Waals surface area contributed by atoms with Crippen LogP contribution in [0.2, 0.25) is 5.02 Å². The van der Waals surface area contributed by atoms with E-state index in [9.17, 15) is 4.79 Å². The monoisotopic (exact) mass is 537 g/mol. The molecule has 3 aromatic rings. The predicted molar refractivity (Wildman–Crippen MR) is 158 cm³/mol. The van der Waals surface area contributed by atoms with Gasteiger partial charge in [-0.25, -0.2) is 4.98 Å². The number of hydrogen-bond donors (Lipinski definition) is 1. The maximum atomic E-state index is 13.4. The van der Waals surface area contributed by atoms with Crippen molar-refractivity contribution in [3.63, 3.8) is 0 Å². The first-order valence-electron chi connectivity index (χ1n) is 13.9. The van der Waals surface area contributed by atoms with Crippen LogP contribution in [-0.4, -0.2) is 22.0 Å². The van der Waals surface area contributed by atoms with E-state index in [-0.39, 0.29) is 5.91 Å². The molecule has 0 radical (unpaired) electrons. The molecule has 1 unspecified atom stereocenters. The van der Waals surface area contributed by atoms with Crippen molar-refractivity contribution < 1.29 is 4.79 Å². The Labute approximate surface area is 231 Å². The highest BCUT2D eigenvalue weighted by molar-refractivity contribution is 7.13. The van der Waals surface area contributed by atoms with Gasteiger partial charge >= 0.3 is 0 Å². The van der Waals surface area contributed by atoms with Gasteiger partial charge in [0, 0.05) is 29.7 Å².